The smallest absolute Gasteiger partial charge is 0.224 e. The van der Waals surface area contributed by atoms with Crippen molar-refractivity contribution in [3.05, 3.63) is 82.9 Å². The minimum Gasteiger partial charge on any atom is -0.355 e. The number of amides is 1. The van der Waals surface area contributed by atoms with E-state index in [1.165, 1.54) is 6.07 Å². The molecule has 1 aromatic heterocycles. The van der Waals surface area contributed by atoms with Crippen LogP contribution in [0.4, 0.5) is 4.39 Å². The van der Waals surface area contributed by atoms with Gasteiger partial charge < -0.3 is 5.32 Å². The van der Waals surface area contributed by atoms with E-state index in [-0.39, 0.29) is 11.7 Å². The SMILES string of the molecule is Cc1nn(-c2ccccc2)c(C)c1CC(=O)NCCSCc1ccccc1F. The molecule has 146 valence electrons. The molecule has 0 atom stereocenters. The van der Waals surface area contributed by atoms with Crippen molar-refractivity contribution in [2.24, 2.45) is 0 Å². The topological polar surface area (TPSA) is 46.9 Å². The van der Waals surface area contributed by atoms with Gasteiger partial charge in [-0.25, -0.2) is 9.07 Å². The van der Waals surface area contributed by atoms with Crippen LogP contribution in [0.3, 0.4) is 0 Å². The molecule has 3 rings (SSSR count). The van der Waals surface area contributed by atoms with Gasteiger partial charge in [-0.1, -0.05) is 36.4 Å². The van der Waals surface area contributed by atoms with Gasteiger partial charge in [0.25, 0.3) is 0 Å². The summed E-state index contributed by atoms with van der Waals surface area (Å²) in [7, 11) is 0. The molecule has 0 aliphatic carbocycles. The number of aromatic nitrogens is 2. The van der Waals surface area contributed by atoms with Crippen LogP contribution in [0.25, 0.3) is 5.69 Å². The van der Waals surface area contributed by atoms with Crippen molar-refractivity contribution in [2.75, 3.05) is 12.3 Å². The summed E-state index contributed by atoms with van der Waals surface area (Å²) in [4.78, 5) is 12.3. The lowest BCUT2D eigenvalue weighted by Gasteiger charge is -2.07. The van der Waals surface area contributed by atoms with E-state index < -0.39 is 0 Å². The number of halogens is 1. The van der Waals surface area contributed by atoms with Gasteiger partial charge in [0.05, 0.1) is 17.8 Å². The van der Waals surface area contributed by atoms with E-state index in [4.69, 9.17) is 0 Å². The summed E-state index contributed by atoms with van der Waals surface area (Å²) in [5, 5.41) is 7.53. The minimum atomic E-state index is -0.180. The lowest BCUT2D eigenvalue weighted by Crippen LogP contribution is -2.27. The van der Waals surface area contributed by atoms with Gasteiger partial charge in [0.15, 0.2) is 0 Å². The maximum absolute atomic E-state index is 13.6. The Morgan fingerprint density at radius 3 is 2.57 bits per heavy atom. The fourth-order valence-corrected chi connectivity index (χ4v) is 3.88. The summed E-state index contributed by atoms with van der Waals surface area (Å²) >= 11 is 1.61. The first-order valence-electron chi connectivity index (χ1n) is 9.24. The molecule has 0 spiro atoms. The number of nitrogens with one attached hydrogen (secondary N) is 1. The van der Waals surface area contributed by atoms with Gasteiger partial charge in [0.2, 0.25) is 5.91 Å². The van der Waals surface area contributed by atoms with Gasteiger partial charge in [-0.05, 0) is 37.6 Å². The first-order chi connectivity index (χ1) is 13.6. The van der Waals surface area contributed by atoms with Crippen LogP contribution in [0, 0.1) is 19.7 Å². The number of carbonyl (C=O) groups excluding carboxylic acids is 1. The monoisotopic (exact) mass is 397 g/mol. The normalized spacial score (nSPS) is 10.8. The molecular weight excluding hydrogens is 373 g/mol. The second-order valence-electron chi connectivity index (χ2n) is 6.57. The zero-order valence-corrected chi connectivity index (χ0v) is 16.9. The first-order valence-corrected chi connectivity index (χ1v) is 10.4. The summed E-state index contributed by atoms with van der Waals surface area (Å²) in [6.07, 6.45) is 0.308. The van der Waals surface area contributed by atoms with Crippen LogP contribution in [0.5, 0.6) is 0 Å². The number of carbonyl (C=O) groups is 1. The molecule has 0 bridgehead atoms. The Bertz CT molecular complexity index is 940. The Labute approximate surface area is 169 Å². The van der Waals surface area contributed by atoms with E-state index in [0.29, 0.717) is 24.3 Å². The Balaban J connectivity index is 1.49. The summed E-state index contributed by atoms with van der Waals surface area (Å²) in [6, 6.07) is 16.7. The van der Waals surface area contributed by atoms with Crippen molar-refractivity contribution in [2.45, 2.75) is 26.0 Å². The fraction of sp³-hybridized carbons (Fsp3) is 0.273. The van der Waals surface area contributed by atoms with Crippen molar-refractivity contribution >= 4 is 17.7 Å². The third-order valence-corrected chi connectivity index (χ3v) is 5.57. The number of para-hydroxylation sites is 1. The van der Waals surface area contributed by atoms with Gasteiger partial charge in [0, 0.05) is 29.3 Å². The average molecular weight is 398 g/mol. The van der Waals surface area contributed by atoms with Crippen molar-refractivity contribution in [3.8, 4) is 5.69 Å². The van der Waals surface area contributed by atoms with E-state index in [9.17, 15) is 9.18 Å². The predicted molar refractivity (Wildman–Crippen MR) is 112 cm³/mol. The molecular formula is C22H24FN3OS. The van der Waals surface area contributed by atoms with Crippen molar-refractivity contribution in [3.63, 3.8) is 0 Å². The minimum absolute atomic E-state index is 0.0229. The van der Waals surface area contributed by atoms with E-state index in [0.717, 1.165) is 28.4 Å². The number of hydrogen-bond acceptors (Lipinski definition) is 3. The maximum Gasteiger partial charge on any atom is 0.224 e. The third-order valence-electron chi connectivity index (χ3n) is 4.56. The van der Waals surface area contributed by atoms with E-state index in [1.807, 2.05) is 54.9 Å². The quantitative estimate of drug-likeness (QED) is 0.579. The molecule has 0 fully saturated rings. The zero-order chi connectivity index (χ0) is 19.9. The third kappa shape index (κ3) is 5.01. The highest BCUT2D eigenvalue weighted by molar-refractivity contribution is 7.98. The second-order valence-corrected chi connectivity index (χ2v) is 7.67. The van der Waals surface area contributed by atoms with Gasteiger partial charge >= 0.3 is 0 Å². The van der Waals surface area contributed by atoms with Crippen LogP contribution >= 0.6 is 11.8 Å². The number of rotatable bonds is 8. The average Bonchev–Trinajstić information content (AvgIpc) is 2.98. The molecule has 0 aliphatic heterocycles. The van der Waals surface area contributed by atoms with Crippen molar-refractivity contribution < 1.29 is 9.18 Å². The fourth-order valence-electron chi connectivity index (χ4n) is 3.03. The van der Waals surface area contributed by atoms with Gasteiger partial charge in [0.1, 0.15) is 5.82 Å². The lowest BCUT2D eigenvalue weighted by atomic mass is 10.1. The summed E-state index contributed by atoms with van der Waals surface area (Å²) in [6.45, 7) is 4.47. The number of thioether (sulfide) groups is 1. The molecule has 3 aromatic rings. The van der Waals surface area contributed by atoms with Crippen molar-refractivity contribution in [1.29, 1.82) is 0 Å². The first kappa shape index (κ1) is 20.1. The maximum atomic E-state index is 13.6. The van der Waals surface area contributed by atoms with Gasteiger partial charge in [-0.3, -0.25) is 4.79 Å². The molecule has 4 nitrogen and oxygen atoms in total. The van der Waals surface area contributed by atoms with Crippen LogP contribution in [0.2, 0.25) is 0 Å². The molecule has 1 heterocycles. The highest BCUT2D eigenvalue weighted by atomic mass is 32.2. The summed E-state index contributed by atoms with van der Waals surface area (Å²) < 4.78 is 15.5. The molecule has 1 amide bonds. The summed E-state index contributed by atoms with van der Waals surface area (Å²) in [5.74, 6) is 1.14. The number of hydrogen-bond donors (Lipinski definition) is 1. The van der Waals surface area contributed by atoms with Crippen LogP contribution in [-0.2, 0) is 17.0 Å². The highest BCUT2D eigenvalue weighted by Crippen LogP contribution is 2.18. The van der Waals surface area contributed by atoms with Crippen LogP contribution in [0.1, 0.15) is 22.5 Å². The Hall–Kier alpha value is -2.60. The van der Waals surface area contributed by atoms with E-state index in [1.54, 1.807) is 23.9 Å². The zero-order valence-electron chi connectivity index (χ0n) is 16.1. The molecule has 6 heteroatoms. The van der Waals surface area contributed by atoms with Gasteiger partial charge in [-0.15, -0.1) is 0 Å². The van der Waals surface area contributed by atoms with Crippen LogP contribution < -0.4 is 5.32 Å². The number of benzene rings is 2. The van der Waals surface area contributed by atoms with Crippen molar-refractivity contribution in [1.82, 2.24) is 15.1 Å². The molecule has 28 heavy (non-hydrogen) atoms. The van der Waals surface area contributed by atoms with E-state index in [2.05, 4.69) is 10.4 Å². The van der Waals surface area contributed by atoms with E-state index >= 15 is 0 Å². The van der Waals surface area contributed by atoms with Crippen LogP contribution in [0.15, 0.2) is 54.6 Å². The molecule has 0 radical (unpaired) electrons. The second kappa shape index (κ2) is 9.55. The van der Waals surface area contributed by atoms with Gasteiger partial charge in [-0.2, -0.15) is 16.9 Å². The molecule has 0 saturated carbocycles. The van der Waals surface area contributed by atoms with Crippen LogP contribution in [-0.4, -0.2) is 28.0 Å². The molecule has 0 aliphatic rings. The number of nitrogens with zero attached hydrogens (tertiary/aromatic N) is 2. The Morgan fingerprint density at radius 1 is 1.11 bits per heavy atom. The summed E-state index contributed by atoms with van der Waals surface area (Å²) in [5.41, 5.74) is 4.48. The molecule has 0 unspecified atom stereocenters. The highest BCUT2D eigenvalue weighted by Gasteiger charge is 2.15. The standard InChI is InChI=1S/C22H24FN3OS/c1-16-20(17(2)26(25-16)19-9-4-3-5-10-19)14-22(27)24-12-13-28-15-18-8-6-7-11-21(18)23/h3-11H,12-15H2,1-2H3,(H,24,27). The lowest BCUT2D eigenvalue weighted by molar-refractivity contribution is -0.120. The molecule has 0 saturated heterocycles. The number of aryl methyl sites for hydroxylation is 1. The predicted octanol–water partition coefficient (Wildman–Crippen LogP) is 4.22. The Kier molecular flexibility index (Phi) is 6.87. The molecule has 2 aromatic carbocycles. The largest absolute Gasteiger partial charge is 0.355 e. The molecule has 1 N–H and O–H groups in total. The Morgan fingerprint density at radius 2 is 1.82 bits per heavy atom.